The summed E-state index contributed by atoms with van der Waals surface area (Å²) in [5.41, 5.74) is 1.70. The lowest BCUT2D eigenvalue weighted by atomic mass is 10.2. The predicted octanol–water partition coefficient (Wildman–Crippen LogP) is 2.75. The predicted molar refractivity (Wildman–Crippen MR) is 74.2 cm³/mol. The Labute approximate surface area is 107 Å². The van der Waals surface area contributed by atoms with Crippen molar-refractivity contribution in [2.75, 3.05) is 14.1 Å². The van der Waals surface area contributed by atoms with Crippen molar-refractivity contribution < 1.29 is 0 Å². The van der Waals surface area contributed by atoms with Gasteiger partial charge in [0.15, 0.2) is 5.82 Å². The van der Waals surface area contributed by atoms with Crippen LogP contribution in [0.4, 0.5) is 5.82 Å². The lowest BCUT2D eigenvalue weighted by Crippen LogP contribution is -2.07. The summed E-state index contributed by atoms with van der Waals surface area (Å²) in [6, 6.07) is 10.2. The molecule has 2 aromatic rings. The standard InChI is InChI=1S/C14H16N4/c1-4-18-13-8-6-5-7-11(13)12(9-15)14(18)16-10-17(2)3/h5-8,10H,4H2,1-3H3/b16-10+. The molecule has 0 saturated carbocycles. The molecule has 18 heavy (non-hydrogen) atoms. The molecule has 0 radical (unpaired) electrons. The van der Waals surface area contributed by atoms with E-state index in [-0.39, 0.29) is 0 Å². The van der Waals surface area contributed by atoms with Gasteiger partial charge in [-0.05, 0) is 13.0 Å². The molecule has 0 saturated heterocycles. The lowest BCUT2D eigenvalue weighted by molar-refractivity contribution is 0.642. The summed E-state index contributed by atoms with van der Waals surface area (Å²) in [6.45, 7) is 2.85. The molecule has 0 amide bonds. The average Bonchev–Trinajstić information content (AvgIpc) is 2.68. The highest BCUT2D eigenvalue weighted by molar-refractivity contribution is 5.92. The van der Waals surface area contributed by atoms with Crippen LogP contribution in [-0.4, -0.2) is 29.9 Å². The molecule has 0 unspecified atom stereocenters. The third kappa shape index (κ3) is 1.95. The van der Waals surface area contributed by atoms with E-state index in [0.717, 1.165) is 23.3 Å². The number of hydrogen-bond donors (Lipinski definition) is 0. The Morgan fingerprint density at radius 3 is 2.72 bits per heavy atom. The summed E-state index contributed by atoms with van der Waals surface area (Å²) in [6.07, 6.45) is 1.72. The third-order valence-corrected chi connectivity index (χ3v) is 2.78. The molecule has 2 rings (SSSR count). The van der Waals surface area contributed by atoms with Gasteiger partial charge in [0.1, 0.15) is 11.6 Å². The largest absolute Gasteiger partial charge is 0.369 e. The molecule has 4 nitrogen and oxygen atoms in total. The smallest absolute Gasteiger partial charge is 0.153 e. The van der Waals surface area contributed by atoms with Crippen molar-refractivity contribution in [2.24, 2.45) is 4.99 Å². The maximum absolute atomic E-state index is 9.34. The molecular weight excluding hydrogens is 224 g/mol. The highest BCUT2D eigenvalue weighted by atomic mass is 15.1. The van der Waals surface area contributed by atoms with Gasteiger partial charge in [-0.15, -0.1) is 0 Å². The highest BCUT2D eigenvalue weighted by Gasteiger charge is 2.14. The van der Waals surface area contributed by atoms with E-state index in [1.54, 1.807) is 6.34 Å². The minimum Gasteiger partial charge on any atom is -0.369 e. The maximum atomic E-state index is 9.34. The van der Waals surface area contributed by atoms with E-state index < -0.39 is 0 Å². The second-order valence-electron chi connectivity index (χ2n) is 4.28. The molecule has 1 heterocycles. The van der Waals surface area contributed by atoms with Crippen LogP contribution in [0.1, 0.15) is 12.5 Å². The van der Waals surface area contributed by atoms with Gasteiger partial charge in [-0.3, -0.25) is 0 Å². The molecule has 0 aliphatic rings. The SMILES string of the molecule is CCn1c(/N=C/N(C)C)c(C#N)c2ccccc21. The van der Waals surface area contributed by atoms with E-state index >= 15 is 0 Å². The number of para-hydroxylation sites is 1. The summed E-state index contributed by atoms with van der Waals surface area (Å²) < 4.78 is 2.06. The summed E-state index contributed by atoms with van der Waals surface area (Å²) in [7, 11) is 3.82. The number of nitrogens with zero attached hydrogens (tertiary/aromatic N) is 4. The van der Waals surface area contributed by atoms with Gasteiger partial charge in [-0.1, -0.05) is 18.2 Å². The quantitative estimate of drug-likeness (QED) is 0.611. The number of benzene rings is 1. The van der Waals surface area contributed by atoms with Gasteiger partial charge in [0.2, 0.25) is 0 Å². The molecule has 0 aliphatic heterocycles. The average molecular weight is 240 g/mol. The molecule has 4 heteroatoms. The Hall–Kier alpha value is -2.28. The van der Waals surface area contributed by atoms with Gasteiger partial charge >= 0.3 is 0 Å². The third-order valence-electron chi connectivity index (χ3n) is 2.78. The number of aryl methyl sites for hydroxylation is 1. The maximum Gasteiger partial charge on any atom is 0.153 e. The zero-order chi connectivity index (χ0) is 13.1. The van der Waals surface area contributed by atoms with Gasteiger partial charge in [-0.2, -0.15) is 5.26 Å². The van der Waals surface area contributed by atoms with E-state index in [2.05, 4.69) is 22.6 Å². The Kier molecular flexibility index (Phi) is 3.33. The molecule has 1 aromatic carbocycles. The van der Waals surface area contributed by atoms with Crippen molar-refractivity contribution in [3.63, 3.8) is 0 Å². The Morgan fingerprint density at radius 2 is 2.11 bits per heavy atom. The molecule has 0 aliphatic carbocycles. The zero-order valence-electron chi connectivity index (χ0n) is 10.9. The van der Waals surface area contributed by atoms with Gasteiger partial charge < -0.3 is 9.47 Å². The van der Waals surface area contributed by atoms with E-state index in [1.165, 1.54) is 0 Å². The van der Waals surface area contributed by atoms with Crippen LogP contribution in [0.2, 0.25) is 0 Å². The number of fused-ring (bicyclic) bond motifs is 1. The first-order valence-electron chi connectivity index (χ1n) is 5.91. The number of aromatic nitrogens is 1. The van der Waals surface area contributed by atoms with Crippen LogP contribution >= 0.6 is 0 Å². The fourth-order valence-electron chi connectivity index (χ4n) is 2.02. The monoisotopic (exact) mass is 240 g/mol. The Balaban J connectivity index is 2.74. The normalized spacial score (nSPS) is 11.0. The summed E-state index contributed by atoms with van der Waals surface area (Å²) in [5.74, 6) is 0.731. The number of hydrogen-bond acceptors (Lipinski definition) is 2. The van der Waals surface area contributed by atoms with Gasteiger partial charge in [0, 0.05) is 26.0 Å². The molecule has 0 spiro atoms. The van der Waals surface area contributed by atoms with Crippen LogP contribution in [0, 0.1) is 11.3 Å². The molecule has 0 fully saturated rings. The topological polar surface area (TPSA) is 44.3 Å². The van der Waals surface area contributed by atoms with Crippen molar-refractivity contribution in [1.82, 2.24) is 9.47 Å². The minimum absolute atomic E-state index is 0.644. The Morgan fingerprint density at radius 1 is 1.39 bits per heavy atom. The van der Waals surface area contributed by atoms with E-state index in [4.69, 9.17) is 0 Å². The first kappa shape index (κ1) is 12.2. The van der Waals surface area contributed by atoms with Crippen molar-refractivity contribution in [3.8, 4) is 6.07 Å². The fourth-order valence-corrected chi connectivity index (χ4v) is 2.02. The summed E-state index contributed by atoms with van der Waals surface area (Å²) in [4.78, 5) is 6.29. The van der Waals surface area contributed by atoms with Crippen LogP contribution < -0.4 is 0 Å². The molecule has 0 atom stereocenters. The zero-order valence-corrected chi connectivity index (χ0v) is 10.9. The highest BCUT2D eigenvalue weighted by Crippen LogP contribution is 2.31. The van der Waals surface area contributed by atoms with Crippen molar-refractivity contribution in [1.29, 1.82) is 5.26 Å². The van der Waals surface area contributed by atoms with Gasteiger partial charge in [-0.25, -0.2) is 4.99 Å². The van der Waals surface area contributed by atoms with Crippen LogP contribution in [0.15, 0.2) is 29.3 Å². The summed E-state index contributed by atoms with van der Waals surface area (Å²) in [5, 5.41) is 10.3. The van der Waals surface area contributed by atoms with E-state index in [1.807, 2.05) is 43.3 Å². The van der Waals surface area contributed by atoms with E-state index in [0.29, 0.717) is 5.56 Å². The second-order valence-corrected chi connectivity index (χ2v) is 4.28. The van der Waals surface area contributed by atoms with Gasteiger partial charge in [0.05, 0.1) is 11.9 Å². The molecule has 92 valence electrons. The molecule has 1 aromatic heterocycles. The van der Waals surface area contributed by atoms with Crippen LogP contribution in [0.3, 0.4) is 0 Å². The first-order chi connectivity index (χ1) is 8.69. The first-order valence-corrected chi connectivity index (χ1v) is 5.91. The number of nitriles is 1. The fraction of sp³-hybridized carbons (Fsp3) is 0.286. The van der Waals surface area contributed by atoms with Crippen molar-refractivity contribution in [2.45, 2.75) is 13.5 Å². The minimum atomic E-state index is 0.644. The lowest BCUT2D eigenvalue weighted by Gasteiger charge is -2.06. The van der Waals surface area contributed by atoms with E-state index in [9.17, 15) is 5.26 Å². The van der Waals surface area contributed by atoms with Crippen LogP contribution in [0.25, 0.3) is 10.9 Å². The molecule has 0 bridgehead atoms. The summed E-state index contributed by atoms with van der Waals surface area (Å²) >= 11 is 0. The van der Waals surface area contributed by atoms with Crippen LogP contribution in [0.5, 0.6) is 0 Å². The molecular formula is C14H16N4. The van der Waals surface area contributed by atoms with Crippen molar-refractivity contribution in [3.05, 3.63) is 29.8 Å². The van der Waals surface area contributed by atoms with Gasteiger partial charge in [0.25, 0.3) is 0 Å². The Bertz CT molecular complexity index is 629. The second kappa shape index (κ2) is 4.92. The van der Waals surface area contributed by atoms with Crippen molar-refractivity contribution >= 4 is 23.1 Å². The number of rotatable bonds is 3. The molecule has 0 N–H and O–H groups in total. The number of aliphatic imine (C=N–C) groups is 1. The van der Waals surface area contributed by atoms with Crippen LogP contribution in [-0.2, 0) is 6.54 Å².